The first-order chi connectivity index (χ1) is 9.65. The third kappa shape index (κ3) is 3.38. The van der Waals surface area contributed by atoms with Crippen LogP contribution in [-0.2, 0) is 22.4 Å². The zero-order valence-corrected chi connectivity index (χ0v) is 11.8. The first-order valence-electron chi connectivity index (χ1n) is 7.37. The normalized spacial score (nSPS) is 20.8. The number of hydrogen-bond donors (Lipinski definition) is 1. The third-order valence-electron chi connectivity index (χ3n) is 4.19. The highest BCUT2D eigenvalue weighted by molar-refractivity contribution is 5.78. The number of nitrogens with zero attached hydrogens (tertiary/aromatic N) is 1. The van der Waals surface area contributed by atoms with Crippen molar-refractivity contribution in [1.29, 1.82) is 0 Å². The van der Waals surface area contributed by atoms with Crippen molar-refractivity contribution in [1.82, 2.24) is 4.90 Å². The van der Waals surface area contributed by atoms with E-state index in [4.69, 9.17) is 10.5 Å². The van der Waals surface area contributed by atoms with Crippen molar-refractivity contribution in [3.63, 3.8) is 0 Å². The number of rotatable bonds is 4. The van der Waals surface area contributed by atoms with Crippen molar-refractivity contribution in [3.8, 4) is 0 Å². The molecule has 1 amide bonds. The number of benzene rings is 1. The van der Waals surface area contributed by atoms with Gasteiger partial charge in [-0.25, -0.2) is 0 Å². The molecule has 108 valence electrons. The van der Waals surface area contributed by atoms with Crippen LogP contribution in [0.3, 0.4) is 0 Å². The van der Waals surface area contributed by atoms with E-state index < -0.39 is 0 Å². The zero-order chi connectivity index (χ0) is 14.0. The Bertz CT molecular complexity index is 474. The molecule has 2 fully saturated rings. The van der Waals surface area contributed by atoms with Crippen molar-refractivity contribution in [2.45, 2.75) is 31.2 Å². The van der Waals surface area contributed by atoms with Gasteiger partial charge in [-0.05, 0) is 30.4 Å². The van der Waals surface area contributed by atoms with Gasteiger partial charge in [0.25, 0.3) is 0 Å². The maximum Gasteiger partial charge on any atom is 0.227 e. The molecule has 20 heavy (non-hydrogen) atoms. The predicted molar refractivity (Wildman–Crippen MR) is 77.4 cm³/mol. The number of hydrogen-bond acceptors (Lipinski definition) is 3. The van der Waals surface area contributed by atoms with Gasteiger partial charge in [-0.2, -0.15) is 0 Å². The van der Waals surface area contributed by atoms with Gasteiger partial charge in [0.1, 0.15) is 0 Å². The van der Waals surface area contributed by atoms with E-state index in [1.807, 2.05) is 4.90 Å². The second-order valence-electron chi connectivity index (χ2n) is 6.03. The monoisotopic (exact) mass is 274 g/mol. The Morgan fingerprint density at radius 3 is 2.35 bits per heavy atom. The number of amides is 1. The second kappa shape index (κ2) is 5.54. The molecule has 1 saturated carbocycles. The van der Waals surface area contributed by atoms with Gasteiger partial charge in [-0.15, -0.1) is 0 Å². The maximum atomic E-state index is 12.1. The summed E-state index contributed by atoms with van der Waals surface area (Å²) in [5.41, 5.74) is 8.52. The minimum absolute atomic E-state index is 0.0468. The molecule has 0 spiro atoms. The number of morpholine rings is 1. The molecule has 1 heterocycles. The SMILES string of the molecule is NC1(Cc2ccc(CC(=O)N3CCOCC3)cc2)CC1. The van der Waals surface area contributed by atoms with Crippen LogP contribution in [0.15, 0.2) is 24.3 Å². The van der Waals surface area contributed by atoms with Gasteiger partial charge in [0.2, 0.25) is 5.91 Å². The molecular formula is C16H22N2O2. The van der Waals surface area contributed by atoms with Gasteiger partial charge in [0.15, 0.2) is 0 Å². The number of ether oxygens (including phenoxy) is 1. The van der Waals surface area contributed by atoms with E-state index in [0.717, 1.165) is 24.8 Å². The molecule has 0 aromatic heterocycles. The van der Waals surface area contributed by atoms with E-state index in [-0.39, 0.29) is 11.4 Å². The highest BCUT2D eigenvalue weighted by atomic mass is 16.5. The molecular weight excluding hydrogens is 252 g/mol. The largest absolute Gasteiger partial charge is 0.378 e. The highest BCUT2D eigenvalue weighted by Gasteiger charge is 2.37. The fraction of sp³-hybridized carbons (Fsp3) is 0.562. The van der Waals surface area contributed by atoms with Gasteiger partial charge in [0, 0.05) is 18.6 Å². The molecule has 2 N–H and O–H groups in total. The average molecular weight is 274 g/mol. The fourth-order valence-corrected chi connectivity index (χ4v) is 2.62. The zero-order valence-electron chi connectivity index (χ0n) is 11.8. The Kier molecular flexibility index (Phi) is 3.76. The Balaban J connectivity index is 1.55. The lowest BCUT2D eigenvalue weighted by molar-refractivity contribution is -0.134. The van der Waals surface area contributed by atoms with Gasteiger partial charge in [-0.3, -0.25) is 4.79 Å². The summed E-state index contributed by atoms with van der Waals surface area (Å²) in [5, 5.41) is 0. The summed E-state index contributed by atoms with van der Waals surface area (Å²) in [7, 11) is 0. The Morgan fingerprint density at radius 2 is 1.75 bits per heavy atom. The Morgan fingerprint density at radius 1 is 1.15 bits per heavy atom. The minimum atomic E-state index is 0.0468. The Hall–Kier alpha value is -1.39. The molecule has 1 aliphatic heterocycles. The number of nitrogens with two attached hydrogens (primary N) is 1. The van der Waals surface area contributed by atoms with E-state index in [0.29, 0.717) is 32.7 Å². The van der Waals surface area contributed by atoms with E-state index >= 15 is 0 Å². The Labute approximate surface area is 119 Å². The van der Waals surface area contributed by atoms with Gasteiger partial charge in [0.05, 0.1) is 19.6 Å². The molecule has 0 unspecified atom stereocenters. The lowest BCUT2D eigenvalue weighted by Gasteiger charge is -2.26. The van der Waals surface area contributed by atoms with Gasteiger partial charge < -0.3 is 15.4 Å². The van der Waals surface area contributed by atoms with Crippen molar-refractivity contribution in [2.75, 3.05) is 26.3 Å². The molecule has 0 bridgehead atoms. The molecule has 1 aromatic carbocycles. The van der Waals surface area contributed by atoms with Crippen molar-refractivity contribution >= 4 is 5.91 Å². The van der Waals surface area contributed by atoms with Crippen molar-refractivity contribution < 1.29 is 9.53 Å². The van der Waals surface area contributed by atoms with E-state index in [9.17, 15) is 4.79 Å². The van der Waals surface area contributed by atoms with E-state index in [1.54, 1.807) is 0 Å². The number of carbonyl (C=O) groups is 1. The van der Waals surface area contributed by atoms with Crippen LogP contribution >= 0.6 is 0 Å². The number of carbonyl (C=O) groups excluding carboxylic acids is 1. The van der Waals surface area contributed by atoms with Crippen LogP contribution in [0.5, 0.6) is 0 Å². The highest BCUT2D eigenvalue weighted by Crippen LogP contribution is 2.35. The third-order valence-corrected chi connectivity index (χ3v) is 4.19. The molecule has 2 aliphatic rings. The summed E-state index contributed by atoms with van der Waals surface area (Å²) >= 11 is 0. The van der Waals surface area contributed by atoms with Crippen LogP contribution < -0.4 is 5.73 Å². The van der Waals surface area contributed by atoms with Gasteiger partial charge in [-0.1, -0.05) is 24.3 Å². The van der Waals surface area contributed by atoms with Crippen molar-refractivity contribution in [2.24, 2.45) is 5.73 Å². The molecule has 4 heteroatoms. The lowest BCUT2D eigenvalue weighted by atomic mass is 10.0. The second-order valence-corrected chi connectivity index (χ2v) is 6.03. The molecule has 1 saturated heterocycles. The quantitative estimate of drug-likeness (QED) is 0.895. The van der Waals surface area contributed by atoms with Crippen LogP contribution in [0, 0.1) is 0 Å². The molecule has 1 aliphatic carbocycles. The summed E-state index contributed by atoms with van der Waals surface area (Å²) in [6.45, 7) is 2.74. The van der Waals surface area contributed by atoms with Crippen LogP contribution in [-0.4, -0.2) is 42.6 Å². The van der Waals surface area contributed by atoms with Crippen LogP contribution in [0.25, 0.3) is 0 Å². The summed E-state index contributed by atoms with van der Waals surface area (Å²) in [6, 6.07) is 8.32. The van der Waals surface area contributed by atoms with E-state index in [1.165, 1.54) is 5.56 Å². The summed E-state index contributed by atoms with van der Waals surface area (Å²) in [4.78, 5) is 14.0. The first kappa shape index (κ1) is 13.6. The van der Waals surface area contributed by atoms with Crippen LogP contribution in [0.4, 0.5) is 0 Å². The fourth-order valence-electron chi connectivity index (χ4n) is 2.62. The van der Waals surface area contributed by atoms with Crippen LogP contribution in [0.1, 0.15) is 24.0 Å². The lowest BCUT2D eigenvalue weighted by Crippen LogP contribution is -2.41. The molecule has 0 atom stereocenters. The standard InChI is InChI=1S/C16H22N2O2/c17-16(5-6-16)12-14-3-1-13(2-4-14)11-15(19)18-7-9-20-10-8-18/h1-4H,5-12,17H2. The average Bonchev–Trinajstić information content (AvgIpc) is 3.19. The van der Waals surface area contributed by atoms with E-state index in [2.05, 4.69) is 24.3 Å². The minimum Gasteiger partial charge on any atom is -0.378 e. The smallest absolute Gasteiger partial charge is 0.227 e. The summed E-state index contributed by atoms with van der Waals surface area (Å²) in [6.07, 6.45) is 3.69. The molecule has 0 radical (unpaired) electrons. The maximum absolute atomic E-state index is 12.1. The first-order valence-corrected chi connectivity index (χ1v) is 7.37. The van der Waals surface area contributed by atoms with Gasteiger partial charge >= 0.3 is 0 Å². The van der Waals surface area contributed by atoms with Crippen molar-refractivity contribution in [3.05, 3.63) is 35.4 Å². The summed E-state index contributed by atoms with van der Waals surface area (Å²) < 4.78 is 5.26. The summed E-state index contributed by atoms with van der Waals surface area (Å²) in [5.74, 6) is 0.193. The predicted octanol–water partition coefficient (Wildman–Crippen LogP) is 1.12. The molecule has 4 nitrogen and oxygen atoms in total. The van der Waals surface area contributed by atoms with Crippen LogP contribution in [0.2, 0.25) is 0 Å². The topological polar surface area (TPSA) is 55.6 Å². The molecule has 1 aromatic rings. The molecule has 3 rings (SSSR count).